The van der Waals surface area contributed by atoms with E-state index < -0.39 is 17.3 Å². The molecule has 1 atom stereocenters. The van der Waals surface area contributed by atoms with E-state index in [4.69, 9.17) is 9.84 Å². The Morgan fingerprint density at radius 2 is 2.04 bits per heavy atom. The van der Waals surface area contributed by atoms with Crippen LogP contribution < -0.4 is 4.74 Å². The first-order valence-corrected chi connectivity index (χ1v) is 7.95. The van der Waals surface area contributed by atoms with Crippen molar-refractivity contribution in [3.63, 3.8) is 0 Å². The number of aryl methyl sites for hydroxylation is 1. The van der Waals surface area contributed by atoms with Gasteiger partial charge in [0.25, 0.3) is 0 Å². The molecule has 0 saturated heterocycles. The van der Waals surface area contributed by atoms with Crippen LogP contribution in [0.25, 0.3) is 0 Å². The van der Waals surface area contributed by atoms with Gasteiger partial charge in [-0.05, 0) is 37.0 Å². The number of amides is 1. The fourth-order valence-electron chi connectivity index (χ4n) is 3.21. The number of carbonyl (C=O) groups excluding carboxylic acids is 1. The van der Waals surface area contributed by atoms with Crippen molar-refractivity contribution < 1.29 is 19.4 Å². The summed E-state index contributed by atoms with van der Waals surface area (Å²) in [5, 5.41) is 9.05. The molecule has 0 aliphatic heterocycles. The lowest BCUT2D eigenvalue weighted by Gasteiger charge is -2.43. The van der Waals surface area contributed by atoms with E-state index in [9.17, 15) is 9.59 Å². The molecule has 0 bridgehead atoms. The number of rotatable bonds is 6. The van der Waals surface area contributed by atoms with E-state index in [1.54, 1.807) is 26.0 Å². The standard InChI is InChI=1S/C18H25NO4/c1-12-6-7-14(10-15(12)23-4)18(8-5-9-18)17(22)19(3)11-13(2)16(20)21/h6-7,10,13H,5,8-9,11H2,1-4H3,(H,20,21). The largest absolute Gasteiger partial charge is 0.496 e. The third-order valence-electron chi connectivity index (χ3n) is 4.89. The molecule has 0 spiro atoms. The van der Waals surface area contributed by atoms with Gasteiger partial charge in [-0.25, -0.2) is 0 Å². The van der Waals surface area contributed by atoms with Crippen LogP contribution in [0, 0.1) is 12.8 Å². The molecule has 1 unspecified atom stereocenters. The van der Waals surface area contributed by atoms with E-state index in [1.807, 2.05) is 25.1 Å². The van der Waals surface area contributed by atoms with E-state index in [0.29, 0.717) is 0 Å². The lowest BCUT2D eigenvalue weighted by Crippen LogP contribution is -2.51. The van der Waals surface area contributed by atoms with Gasteiger partial charge in [-0.2, -0.15) is 0 Å². The smallest absolute Gasteiger partial charge is 0.308 e. The molecule has 0 heterocycles. The molecule has 1 fully saturated rings. The molecule has 0 aromatic heterocycles. The minimum atomic E-state index is -0.885. The van der Waals surface area contributed by atoms with Crippen molar-refractivity contribution in [3.05, 3.63) is 29.3 Å². The molecule has 1 amide bonds. The fraction of sp³-hybridized carbons (Fsp3) is 0.556. The zero-order valence-electron chi connectivity index (χ0n) is 14.3. The second kappa shape index (κ2) is 6.60. The Morgan fingerprint density at radius 3 is 2.52 bits per heavy atom. The quantitative estimate of drug-likeness (QED) is 0.875. The number of carboxylic acids is 1. The van der Waals surface area contributed by atoms with Gasteiger partial charge in [0.15, 0.2) is 0 Å². The predicted molar refractivity (Wildman–Crippen MR) is 87.7 cm³/mol. The van der Waals surface area contributed by atoms with Crippen molar-refractivity contribution in [2.75, 3.05) is 20.7 Å². The van der Waals surface area contributed by atoms with Gasteiger partial charge in [0.05, 0.1) is 18.4 Å². The summed E-state index contributed by atoms with van der Waals surface area (Å²) in [4.78, 5) is 25.6. The summed E-state index contributed by atoms with van der Waals surface area (Å²) in [5.74, 6) is -0.677. The number of likely N-dealkylation sites (N-methyl/N-ethyl adjacent to an activating group) is 1. The second-order valence-electron chi connectivity index (χ2n) is 6.55. The van der Waals surface area contributed by atoms with Crippen molar-refractivity contribution in [1.29, 1.82) is 0 Å². The number of benzene rings is 1. The van der Waals surface area contributed by atoms with Crippen LogP contribution in [0.5, 0.6) is 5.75 Å². The van der Waals surface area contributed by atoms with Crippen LogP contribution in [0.2, 0.25) is 0 Å². The van der Waals surface area contributed by atoms with E-state index in [1.165, 1.54) is 0 Å². The van der Waals surface area contributed by atoms with Crippen molar-refractivity contribution in [2.45, 2.75) is 38.5 Å². The first-order valence-electron chi connectivity index (χ1n) is 7.95. The van der Waals surface area contributed by atoms with Gasteiger partial charge in [0.1, 0.15) is 5.75 Å². The van der Waals surface area contributed by atoms with E-state index in [-0.39, 0.29) is 12.5 Å². The molecule has 1 aliphatic rings. The SMILES string of the molecule is COc1cc(C2(C(=O)N(C)CC(C)C(=O)O)CCC2)ccc1C. The van der Waals surface area contributed by atoms with Gasteiger partial charge in [0, 0.05) is 13.6 Å². The Kier molecular flexibility index (Phi) is 4.97. The minimum absolute atomic E-state index is 0.00255. The zero-order chi connectivity index (χ0) is 17.2. The van der Waals surface area contributed by atoms with Gasteiger partial charge < -0.3 is 14.7 Å². The Balaban J connectivity index is 2.26. The average molecular weight is 319 g/mol. The van der Waals surface area contributed by atoms with E-state index in [2.05, 4.69) is 0 Å². The lowest BCUT2D eigenvalue weighted by atomic mass is 9.63. The molecule has 23 heavy (non-hydrogen) atoms. The number of carboxylic acid groups (broad SMARTS) is 1. The molecule has 1 aromatic rings. The first-order chi connectivity index (χ1) is 10.8. The molecule has 5 heteroatoms. The number of aliphatic carboxylic acids is 1. The Labute approximate surface area is 137 Å². The maximum atomic E-state index is 13.0. The molecule has 1 N–H and O–H groups in total. The summed E-state index contributed by atoms with van der Waals surface area (Å²) < 4.78 is 5.38. The fourth-order valence-corrected chi connectivity index (χ4v) is 3.21. The Hall–Kier alpha value is -2.04. The topological polar surface area (TPSA) is 66.8 Å². The number of ether oxygens (including phenoxy) is 1. The molecule has 2 rings (SSSR count). The van der Waals surface area contributed by atoms with E-state index >= 15 is 0 Å². The number of hydrogen-bond acceptors (Lipinski definition) is 3. The third-order valence-corrected chi connectivity index (χ3v) is 4.89. The van der Waals surface area contributed by atoms with Crippen LogP contribution >= 0.6 is 0 Å². The summed E-state index contributed by atoms with van der Waals surface area (Å²) in [6.07, 6.45) is 2.60. The van der Waals surface area contributed by atoms with Crippen molar-refractivity contribution in [2.24, 2.45) is 5.92 Å². The van der Waals surface area contributed by atoms with E-state index in [0.717, 1.165) is 36.1 Å². The monoisotopic (exact) mass is 319 g/mol. The highest BCUT2D eigenvalue weighted by Crippen LogP contribution is 2.46. The predicted octanol–water partition coefficient (Wildman–Crippen LogP) is 2.60. The first kappa shape index (κ1) is 17.3. The maximum absolute atomic E-state index is 13.0. The highest BCUT2D eigenvalue weighted by Gasteiger charge is 2.47. The number of methoxy groups -OCH3 is 1. The summed E-state index contributed by atoms with van der Waals surface area (Å²) >= 11 is 0. The number of carbonyl (C=O) groups is 2. The summed E-state index contributed by atoms with van der Waals surface area (Å²) in [5.41, 5.74) is 1.46. The van der Waals surface area contributed by atoms with Gasteiger partial charge >= 0.3 is 5.97 Å². The summed E-state index contributed by atoms with van der Waals surface area (Å²) in [6.45, 7) is 3.81. The highest BCUT2D eigenvalue weighted by molar-refractivity contribution is 5.89. The third kappa shape index (κ3) is 3.19. The Morgan fingerprint density at radius 1 is 1.39 bits per heavy atom. The maximum Gasteiger partial charge on any atom is 0.308 e. The zero-order valence-corrected chi connectivity index (χ0v) is 14.3. The summed E-state index contributed by atoms with van der Waals surface area (Å²) in [6, 6.07) is 5.91. The van der Waals surface area contributed by atoms with Crippen LogP contribution in [0.4, 0.5) is 0 Å². The highest BCUT2D eigenvalue weighted by atomic mass is 16.5. The van der Waals surface area contributed by atoms with Crippen LogP contribution in [0.3, 0.4) is 0 Å². The number of nitrogens with zero attached hydrogens (tertiary/aromatic N) is 1. The van der Waals surface area contributed by atoms with Crippen molar-refractivity contribution >= 4 is 11.9 Å². The molecule has 126 valence electrons. The normalized spacial score (nSPS) is 17.0. The van der Waals surface area contributed by atoms with Gasteiger partial charge in [-0.15, -0.1) is 0 Å². The van der Waals surface area contributed by atoms with Gasteiger partial charge in [0.2, 0.25) is 5.91 Å². The van der Waals surface area contributed by atoms with Crippen LogP contribution in [0.15, 0.2) is 18.2 Å². The molecule has 1 aliphatic carbocycles. The van der Waals surface area contributed by atoms with Crippen molar-refractivity contribution in [3.8, 4) is 5.75 Å². The average Bonchev–Trinajstić information content (AvgIpc) is 2.47. The van der Waals surface area contributed by atoms with Gasteiger partial charge in [-0.1, -0.05) is 25.5 Å². The lowest BCUT2D eigenvalue weighted by molar-refractivity contribution is -0.145. The summed E-state index contributed by atoms with van der Waals surface area (Å²) in [7, 11) is 3.31. The molecule has 1 aromatic carbocycles. The molecular formula is C18H25NO4. The molecule has 0 radical (unpaired) electrons. The van der Waals surface area contributed by atoms with Crippen LogP contribution in [-0.2, 0) is 15.0 Å². The van der Waals surface area contributed by atoms with Crippen LogP contribution in [0.1, 0.15) is 37.3 Å². The molecular weight excluding hydrogens is 294 g/mol. The van der Waals surface area contributed by atoms with Crippen LogP contribution in [-0.4, -0.2) is 42.6 Å². The minimum Gasteiger partial charge on any atom is -0.496 e. The molecule has 5 nitrogen and oxygen atoms in total. The number of hydrogen-bond donors (Lipinski definition) is 1. The van der Waals surface area contributed by atoms with Crippen molar-refractivity contribution in [1.82, 2.24) is 4.90 Å². The molecule has 1 saturated carbocycles. The second-order valence-corrected chi connectivity index (χ2v) is 6.55. The van der Waals surface area contributed by atoms with Gasteiger partial charge in [-0.3, -0.25) is 9.59 Å². The Bertz CT molecular complexity index is 607.